The van der Waals surface area contributed by atoms with E-state index in [1.165, 1.54) is 18.9 Å². The lowest BCUT2D eigenvalue weighted by Crippen LogP contribution is -2.28. The lowest BCUT2D eigenvalue weighted by atomic mass is 10.1. The van der Waals surface area contributed by atoms with Crippen LogP contribution in [-0.4, -0.2) is 50.4 Å². The average molecular weight is 517 g/mol. The van der Waals surface area contributed by atoms with Gasteiger partial charge in [-0.15, -0.1) is 0 Å². The molecule has 10 nitrogen and oxygen atoms in total. The molecule has 11 heteroatoms. The van der Waals surface area contributed by atoms with Crippen LogP contribution in [-0.2, 0) is 21.5 Å². The number of rotatable bonds is 12. The Morgan fingerprint density at radius 1 is 1.00 bits per heavy atom. The van der Waals surface area contributed by atoms with Crippen molar-refractivity contribution in [2.24, 2.45) is 0 Å². The van der Waals surface area contributed by atoms with E-state index in [4.69, 9.17) is 23.5 Å². The summed E-state index contributed by atoms with van der Waals surface area (Å²) in [6.45, 7) is 1.58. The Kier molecular flexibility index (Phi) is 9.09. The topological polar surface area (TPSA) is 124 Å². The van der Waals surface area contributed by atoms with Crippen LogP contribution >= 0.6 is 0 Å². The Labute approximate surface area is 210 Å². The van der Waals surface area contributed by atoms with Gasteiger partial charge in [0.05, 0.1) is 33.1 Å². The number of pyridine rings is 1. The lowest BCUT2D eigenvalue weighted by molar-refractivity contribution is -0.116. The van der Waals surface area contributed by atoms with Gasteiger partial charge in [-0.05, 0) is 61.0 Å². The first-order valence-corrected chi connectivity index (χ1v) is 12.6. The standard InChI is InChI=1S/C25H28N2O8S/c1-18(28)27(23-6-4-13-26-25(23)35-21-9-7-20(32-2)8-10-21)17-19-16-22(33-3)11-12-24(19)34-14-5-15-36(29,30)31/h4,6-13,16H,5,14-15,17H2,1-3H3,(H,29,30,31). The number of carbonyl (C=O) groups excluding carboxylic acids is 1. The minimum atomic E-state index is -4.08. The number of amides is 1. The molecule has 36 heavy (non-hydrogen) atoms. The van der Waals surface area contributed by atoms with E-state index in [9.17, 15) is 13.2 Å². The zero-order valence-corrected chi connectivity index (χ0v) is 21.0. The smallest absolute Gasteiger partial charge is 0.264 e. The van der Waals surface area contributed by atoms with Crippen LogP contribution in [0.15, 0.2) is 60.8 Å². The van der Waals surface area contributed by atoms with Crippen LogP contribution in [0, 0.1) is 0 Å². The molecular weight excluding hydrogens is 488 g/mol. The van der Waals surface area contributed by atoms with Crippen LogP contribution in [0.5, 0.6) is 28.9 Å². The highest BCUT2D eigenvalue weighted by Crippen LogP contribution is 2.34. The van der Waals surface area contributed by atoms with Gasteiger partial charge in [-0.2, -0.15) is 8.42 Å². The van der Waals surface area contributed by atoms with Crippen molar-refractivity contribution in [3.63, 3.8) is 0 Å². The van der Waals surface area contributed by atoms with Crippen molar-refractivity contribution in [1.29, 1.82) is 0 Å². The van der Waals surface area contributed by atoms with Crippen molar-refractivity contribution in [3.05, 3.63) is 66.4 Å². The van der Waals surface area contributed by atoms with E-state index >= 15 is 0 Å². The predicted molar refractivity (Wildman–Crippen MR) is 134 cm³/mol. The fourth-order valence-corrected chi connectivity index (χ4v) is 3.81. The van der Waals surface area contributed by atoms with E-state index in [1.54, 1.807) is 67.9 Å². The average Bonchev–Trinajstić information content (AvgIpc) is 2.86. The molecule has 0 aliphatic heterocycles. The van der Waals surface area contributed by atoms with Crippen LogP contribution in [0.25, 0.3) is 0 Å². The fourth-order valence-electron chi connectivity index (χ4n) is 3.33. The quantitative estimate of drug-likeness (QED) is 0.280. The van der Waals surface area contributed by atoms with Gasteiger partial charge in [0.25, 0.3) is 10.1 Å². The van der Waals surface area contributed by atoms with E-state index in [1.807, 2.05) is 0 Å². The maximum absolute atomic E-state index is 12.7. The van der Waals surface area contributed by atoms with Crippen LogP contribution in [0.2, 0.25) is 0 Å². The molecule has 2 aromatic carbocycles. The molecule has 1 amide bonds. The van der Waals surface area contributed by atoms with E-state index < -0.39 is 15.9 Å². The van der Waals surface area contributed by atoms with Gasteiger partial charge in [-0.1, -0.05) is 0 Å². The van der Waals surface area contributed by atoms with Crippen LogP contribution in [0.1, 0.15) is 18.9 Å². The molecule has 3 rings (SSSR count). The summed E-state index contributed by atoms with van der Waals surface area (Å²) in [6, 6.07) is 15.5. The second kappa shape index (κ2) is 12.2. The number of ether oxygens (including phenoxy) is 4. The minimum Gasteiger partial charge on any atom is -0.497 e. The monoisotopic (exact) mass is 516 g/mol. The van der Waals surface area contributed by atoms with Gasteiger partial charge >= 0.3 is 0 Å². The zero-order chi connectivity index (χ0) is 26.1. The van der Waals surface area contributed by atoms with Crippen molar-refractivity contribution in [2.45, 2.75) is 19.9 Å². The highest BCUT2D eigenvalue weighted by atomic mass is 32.2. The summed E-state index contributed by atoms with van der Waals surface area (Å²) in [5.74, 6) is 1.75. The molecule has 1 aromatic heterocycles. The van der Waals surface area contributed by atoms with Gasteiger partial charge < -0.3 is 23.8 Å². The number of methoxy groups -OCH3 is 2. The second-order valence-corrected chi connectivity index (χ2v) is 9.24. The molecular formula is C25H28N2O8S. The van der Waals surface area contributed by atoms with E-state index in [0.29, 0.717) is 34.2 Å². The van der Waals surface area contributed by atoms with Gasteiger partial charge in [-0.3, -0.25) is 9.35 Å². The maximum Gasteiger partial charge on any atom is 0.264 e. The molecule has 0 radical (unpaired) electrons. The van der Waals surface area contributed by atoms with Crippen molar-refractivity contribution < 1.29 is 36.7 Å². The minimum absolute atomic E-state index is 0.0535. The summed E-state index contributed by atoms with van der Waals surface area (Å²) in [5.41, 5.74) is 1.07. The summed E-state index contributed by atoms with van der Waals surface area (Å²) in [5, 5.41) is 0. The van der Waals surface area contributed by atoms with Gasteiger partial charge in [0.1, 0.15) is 28.7 Å². The summed E-state index contributed by atoms with van der Waals surface area (Å²) in [4.78, 5) is 18.5. The van der Waals surface area contributed by atoms with Crippen LogP contribution in [0.3, 0.4) is 0 Å². The van der Waals surface area contributed by atoms with Crippen LogP contribution < -0.4 is 23.8 Å². The fraction of sp³-hybridized carbons (Fsp3) is 0.280. The van der Waals surface area contributed by atoms with Crippen molar-refractivity contribution in [2.75, 3.05) is 31.5 Å². The molecule has 1 heterocycles. The number of hydrogen-bond donors (Lipinski definition) is 1. The summed E-state index contributed by atoms with van der Waals surface area (Å²) < 4.78 is 53.1. The highest BCUT2D eigenvalue weighted by Gasteiger charge is 2.21. The van der Waals surface area contributed by atoms with Crippen molar-refractivity contribution in [1.82, 2.24) is 4.98 Å². The maximum atomic E-state index is 12.7. The number of carbonyl (C=O) groups is 1. The molecule has 1 N–H and O–H groups in total. The molecule has 0 saturated carbocycles. The third kappa shape index (κ3) is 7.59. The van der Waals surface area contributed by atoms with Crippen molar-refractivity contribution in [3.8, 4) is 28.9 Å². The molecule has 0 unspecified atom stereocenters. The van der Waals surface area contributed by atoms with E-state index in [0.717, 1.165) is 0 Å². The number of nitrogens with zero attached hydrogens (tertiary/aromatic N) is 2. The Bertz CT molecular complexity index is 1280. The zero-order valence-electron chi connectivity index (χ0n) is 20.2. The lowest BCUT2D eigenvalue weighted by Gasteiger charge is -2.24. The van der Waals surface area contributed by atoms with Gasteiger partial charge in [0.15, 0.2) is 0 Å². The van der Waals surface area contributed by atoms with Gasteiger partial charge in [0.2, 0.25) is 11.8 Å². The first-order chi connectivity index (χ1) is 17.2. The van der Waals surface area contributed by atoms with E-state index in [2.05, 4.69) is 4.98 Å². The molecule has 0 aliphatic rings. The molecule has 0 spiro atoms. The SMILES string of the molecule is COc1ccc(Oc2ncccc2N(Cc2cc(OC)ccc2OCCCS(=O)(=O)O)C(C)=O)cc1. The molecule has 192 valence electrons. The van der Waals surface area contributed by atoms with E-state index in [-0.39, 0.29) is 31.4 Å². The van der Waals surface area contributed by atoms with Gasteiger partial charge in [0, 0.05) is 18.7 Å². The highest BCUT2D eigenvalue weighted by molar-refractivity contribution is 7.85. The number of aromatic nitrogens is 1. The normalized spacial score (nSPS) is 11.0. The first-order valence-electron chi connectivity index (χ1n) is 11.0. The molecule has 3 aromatic rings. The molecule has 0 atom stereocenters. The predicted octanol–water partition coefficient (Wildman–Crippen LogP) is 4.10. The third-order valence-electron chi connectivity index (χ3n) is 5.10. The summed E-state index contributed by atoms with van der Waals surface area (Å²) in [7, 11) is -0.985. The Hall–Kier alpha value is -3.83. The number of anilines is 1. The largest absolute Gasteiger partial charge is 0.497 e. The molecule has 0 aliphatic carbocycles. The molecule has 0 bridgehead atoms. The summed E-state index contributed by atoms with van der Waals surface area (Å²) >= 11 is 0. The van der Waals surface area contributed by atoms with Crippen molar-refractivity contribution >= 4 is 21.7 Å². The molecule has 0 fully saturated rings. The van der Waals surface area contributed by atoms with Gasteiger partial charge in [-0.25, -0.2) is 4.98 Å². The first kappa shape index (κ1) is 26.8. The second-order valence-electron chi connectivity index (χ2n) is 7.67. The molecule has 0 saturated heterocycles. The summed E-state index contributed by atoms with van der Waals surface area (Å²) in [6.07, 6.45) is 1.67. The third-order valence-corrected chi connectivity index (χ3v) is 5.90. The Balaban J connectivity index is 1.87. The number of hydrogen-bond acceptors (Lipinski definition) is 8. The van der Waals surface area contributed by atoms with Crippen LogP contribution in [0.4, 0.5) is 5.69 Å². The Morgan fingerprint density at radius 2 is 1.67 bits per heavy atom. The number of benzene rings is 2. The Morgan fingerprint density at radius 3 is 2.31 bits per heavy atom.